The number of rotatable bonds is 16. The van der Waals surface area contributed by atoms with E-state index >= 15 is 0 Å². The van der Waals surface area contributed by atoms with Gasteiger partial charge in [0, 0.05) is 0 Å². The van der Waals surface area contributed by atoms with Crippen LogP contribution in [-0.4, -0.2) is 33.7 Å². The van der Waals surface area contributed by atoms with Crippen LogP contribution in [0.4, 0.5) is 0 Å². The molecule has 0 aromatic carbocycles. The summed E-state index contributed by atoms with van der Waals surface area (Å²) in [7, 11) is 0. The zero-order chi connectivity index (χ0) is 23.3. The first-order valence-electron chi connectivity index (χ1n) is 12.0. The lowest BCUT2D eigenvalue weighted by Gasteiger charge is -2.26. The summed E-state index contributed by atoms with van der Waals surface area (Å²) in [5.41, 5.74) is 0. The van der Waals surface area contributed by atoms with Gasteiger partial charge < -0.3 is 14.8 Å². The lowest BCUT2D eigenvalue weighted by atomic mass is 9.99. The van der Waals surface area contributed by atoms with Gasteiger partial charge in [-0.05, 0) is 20.3 Å². The van der Waals surface area contributed by atoms with Gasteiger partial charge in [0.15, 0.2) is 5.79 Å². The SMILES string of the molecule is C=C[C@H](NC(=O)C(Cl)(Cl)Cl)[C@@H]1OC(C)(C)O[C@@H]1CCCCCCCCCCCCCC. The molecule has 1 N–H and O–H groups in total. The van der Waals surface area contributed by atoms with Crippen LogP contribution in [0.2, 0.25) is 0 Å². The van der Waals surface area contributed by atoms with Crippen molar-refractivity contribution in [2.24, 2.45) is 0 Å². The van der Waals surface area contributed by atoms with E-state index in [9.17, 15) is 4.79 Å². The average molecular weight is 499 g/mol. The topological polar surface area (TPSA) is 47.6 Å². The van der Waals surface area contributed by atoms with Crippen LogP contribution < -0.4 is 5.32 Å². The van der Waals surface area contributed by atoms with Crippen LogP contribution in [0.25, 0.3) is 0 Å². The van der Waals surface area contributed by atoms with E-state index in [0.29, 0.717) is 0 Å². The normalized spacial score (nSPS) is 21.7. The maximum atomic E-state index is 12.1. The van der Waals surface area contributed by atoms with Crippen LogP contribution in [0.1, 0.15) is 104 Å². The smallest absolute Gasteiger partial charge is 0.272 e. The average Bonchev–Trinajstić information content (AvgIpc) is 3.00. The molecule has 1 amide bonds. The Morgan fingerprint density at radius 1 is 0.968 bits per heavy atom. The molecule has 0 saturated carbocycles. The number of unbranched alkanes of at least 4 members (excludes halogenated alkanes) is 11. The van der Waals surface area contributed by atoms with Gasteiger partial charge in [0.2, 0.25) is 0 Å². The molecule has 0 aromatic heterocycles. The molecule has 1 aliphatic heterocycles. The summed E-state index contributed by atoms with van der Waals surface area (Å²) in [6, 6.07) is -0.493. The van der Waals surface area contributed by atoms with Gasteiger partial charge in [0.25, 0.3) is 9.70 Å². The molecule has 1 saturated heterocycles. The lowest BCUT2D eigenvalue weighted by molar-refractivity contribution is -0.149. The number of hydrogen-bond acceptors (Lipinski definition) is 3. The molecule has 3 atom stereocenters. The lowest BCUT2D eigenvalue weighted by Crippen LogP contribution is -2.49. The second kappa shape index (κ2) is 15.0. The molecule has 0 spiro atoms. The van der Waals surface area contributed by atoms with Crippen LogP contribution in [0.3, 0.4) is 0 Å². The van der Waals surface area contributed by atoms with E-state index in [1.165, 1.54) is 70.6 Å². The molecule has 0 aromatic rings. The molecular weight excluding hydrogens is 457 g/mol. The minimum absolute atomic E-state index is 0.142. The second-order valence-electron chi connectivity index (χ2n) is 9.05. The fourth-order valence-corrected chi connectivity index (χ4v) is 4.25. The predicted octanol–water partition coefficient (Wildman–Crippen LogP) is 7.64. The van der Waals surface area contributed by atoms with E-state index in [2.05, 4.69) is 18.8 Å². The first-order valence-corrected chi connectivity index (χ1v) is 13.1. The Hall–Kier alpha value is -0.0000000000000000416. The van der Waals surface area contributed by atoms with Crippen LogP contribution in [0.15, 0.2) is 12.7 Å². The molecule has 1 rings (SSSR count). The third-order valence-corrected chi connectivity index (χ3v) is 6.24. The Balaban J connectivity index is 2.30. The fourth-order valence-electron chi connectivity index (χ4n) is 4.09. The monoisotopic (exact) mass is 497 g/mol. The van der Waals surface area contributed by atoms with Crippen molar-refractivity contribution in [2.75, 3.05) is 0 Å². The van der Waals surface area contributed by atoms with Crippen LogP contribution in [0, 0.1) is 0 Å². The maximum absolute atomic E-state index is 12.1. The van der Waals surface area contributed by atoms with E-state index in [0.717, 1.165) is 12.8 Å². The van der Waals surface area contributed by atoms with Gasteiger partial charge >= 0.3 is 0 Å². The largest absolute Gasteiger partial charge is 0.344 e. The summed E-state index contributed by atoms with van der Waals surface area (Å²) in [5.74, 6) is -1.42. The summed E-state index contributed by atoms with van der Waals surface area (Å²) in [6.45, 7) is 9.82. The Morgan fingerprint density at radius 3 is 1.90 bits per heavy atom. The minimum Gasteiger partial charge on any atom is -0.344 e. The molecule has 0 unspecified atom stereocenters. The molecule has 31 heavy (non-hydrogen) atoms. The second-order valence-corrected chi connectivity index (χ2v) is 11.3. The Morgan fingerprint density at radius 2 is 1.45 bits per heavy atom. The molecule has 4 nitrogen and oxygen atoms in total. The van der Waals surface area contributed by atoms with Gasteiger partial charge in [-0.2, -0.15) is 0 Å². The highest BCUT2D eigenvalue weighted by molar-refractivity contribution is 6.76. The van der Waals surface area contributed by atoms with Crippen LogP contribution in [0.5, 0.6) is 0 Å². The number of carbonyl (C=O) groups excluding carboxylic acids is 1. The van der Waals surface area contributed by atoms with Gasteiger partial charge in [-0.1, -0.05) is 125 Å². The van der Waals surface area contributed by atoms with Crippen LogP contribution >= 0.6 is 34.8 Å². The molecule has 0 aliphatic carbocycles. The Kier molecular flexibility index (Phi) is 14.1. The summed E-state index contributed by atoms with van der Waals surface area (Å²) in [6.07, 6.45) is 17.6. The predicted molar refractivity (Wildman–Crippen MR) is 132 cm³/mol. The molecule has 0 bridgehead atoms. The third kappa shape index (κ3) is 12.1. The summed E-state index contributed by atoms with van der Waals surface area (Å²) < 4.78 is 10.1. The van der Waals surface area contributed by atoms with Crippen molar-refractivity contribution in [3.05, 3.63) is 12.7 Å². The van der Waals surface area contributed by atoms with E-state index < -0.39 is 21.5 Å². The fraction of sp³-hybridized carbons (Fsp3) is 0.875. The van der Waals surface area contributed by atoms with Gasteiger partial charge in [-0.25, -0.2) is 0 Å². The number of halogens is 3. The molecule has 0 radical (unpaired) electrons. The third-order valence-electron chi connectivity index (χ3n) is 5.73. The quantitative estimate of drug-likeness (QED) is 0.135. The van der Waals surface area contributed by atoms with Gasteiger partial charge in [-0.3, -0.25) is 4.79 Å². The van der Waals surface area contributed by atoms with E-state index in [1.54, 1.807) is 6.08 Å². The van der Waals surface area contributed by atoms with Crippen molar-refractivity contribution in [1.82, 2.24) is 5.32 Å². The number of amides is 1. The highest BCUT2D eigenvalue weighted by atomic mass is 35.6. The molecule has 1 aliphatic rings. The zero-order valence-electron chi connectivity index (χ0n) is 19.6. The van der Waals surface area contributed by atoms with E-state index in [-0.39, 0.29) is 12.2 Å². The van der Waals surface area contributed by atoms with Crippen molar-refractivity contribution in [1.29, 1.82) is 0 Å². The molecule has 1 fully saturated rings. The van der Waals surface area contributed by atoms with Crippen molar-refractivity contribution >= 4 is 40.7 Å². The number of ether oxygens (including phenoxy) is 2. The minimum atomic E-state index is -2.03. The highest BCUT2D eigenvalue weighted by Crippen LogP contribution is 2.34. The summed E-state index contributed by atoms with van der Waals surface area (Å²) in [4.78, 5) is 12.1. The molecule has 7 heteroatoms. The van der Waals surface area contributed by atoms with Gasteiger partial charge in [0.05, 0.1) is 12.1 Å². The van der Waals surface area contributed by atoms with Crippen molar-refractivity contribution in [3.8, 4) is 0 Å². The molecule has 1 heterocycles. The zero-order valence-corrected chi connectivity index (χ0v) is 21.8. The number of carbonyl (C=O) groups is 1. The van der Waals surface area contributed by atoms with Gasteiger partial charge in [0.1, 0.15) is 6.10 Å². The number of alkyl halides is 3. The number of nitrogens with one attached hydrogen (secondary N) is 1. The van der Waals surface area contributed by atoms with Crippen molar-refractivity contribution in [3.63, 3.8) is 0 Å². The summed E-state index contributed by atoms with van der Waals surface area (Å²) in [5, 5.41) is 2.70. The van der Waals surface area contributed by atoms with Gasteiger partial charge in [-0.15, -0.1) is 6.58 Å². The van der Waals surface area contributed by atoms with E-state index in [1.807, 2.05) is 13.8 Å². The Labute approximate surface area is 204 Å². The highest BCUT2D eigenvalue weighted by Gasteiger charge is 2.45. The van der Waals surface area contributed by atoms with Crippen molar-refractivity contribution in [2.45, 2.75) is 132 Å². The van der Waals surface area contributed by atoms with Crippen LogP contribution in [-0.2, 0) is 14.3 Å². The Bertz CT molecular complexity index is 523. The summed E-state index contributed by atoms with van der Waals surface area (Å²) >= 11 is 17.1. The molecule has 182 valence electrons. The first kappa shape index (κ1) is 29.0. The maximum Gasteiger partial charge on any atom is 0.272 e. The number of hydrogen-bond donors (Lipinski definition) is 1. The standard InChI is InChI=1S/C24H42Cl3NO3/c1-5-7-8-9-10-11-12-13-14-15-16-17-18-20-21(31-23(3,4)30-20)19(6-2)28-22(29)24(25,26)27/h6,19-21H,2,5,7-18H2,1,3-4H3,(H,28,29)/t19-,20+,21-/m0/s1. The first-order chi connectivity index (χ1) is 14.6. The van der Waals surface area contributed by atoms with E-state index in [4.69, 9.17) is 44.3 Å². The molecular formula is C24H42Cl3NO3. The van der Waals surface area contributed by atoms with Crippen molar-refractivity contribution < 1.29 is 14.3 Å².